The summed E-state index contributed by atoms with van der Waals surface area (Å²) in [5.41, 5.74) is 5.14. The molecule has 0 saturated carbocycles. The van der Waals surface area contributed by atoms with E-state index in [-0.39, 0.29) is 0 Å². The molecule has 0 N–H and O–H groups in total. The molecule has 18 heavy (non-hydrogen) atoms. The molecular weight excluding hydrogens is 220 g/mol. The van der Waals surface area contributed by atoms with Gasteiger partial charge in [0, 0.05) is 11.1 Å². The summed E-state index contributed by atoms with van der Waals surface area (Å²) in [6.45, 7) is 4.09. The van der Waals surface area contributed by atoms with Crippen molar-refractivity contribution >= 4 is 10.9 Å². The number of pyridine rings is 2. The maximum absolute atomic E-state index is 4.67. The maximum Gasteiger partial charge on any atom is 0.0894 e. The van der Waals surface area contributed by atoms with E-state index in [1.54, 1.807) is 0 Å². The molecule has 0 saturated heterocycles. The smallest absolute Gasteiger partial charge is 0.0894 e. The largest absolute Gasteiger partial charge is 0.251 e. The van der Waals surface area contributed by atoms with Gasteiger partial charge in [0.1, 0.15) is 0 Å². The van der Waals surface area contributed by atoms with E-state index in [4.69, 9.17) is 0 Å². The Morgan fingerprint density at radius 2 is 1.61 bits per heavy atom. The molecule has 0 atom stereocenters. The second-order valence-electron chi connectivity index (χ2n) is 4.56. The molecule has 2 heteroatoms. The SMILES string of the molecule is Cc1ccc2nc(-c3cccc(C)n3)ccc2c1. The summed E-state index contributed by atoms with van der Waals surface area (Å²) in [5.74, 6) is 0. The van der Waals surface area contributed by atoms with Gasteiger partial charge in [-0.1, -0.05) is 23.8 Å². The molecule has 0 bridgehead atoms. The van der Waals surface area contributed by atoms with E-state index in [0.29, 0.717) is 0 Å². The first-order chi connectivity index (χ1) is 8.72. The predicted molar refractivity (Wildman–Crippen MR) is 74.4 cm³/mol. The van der Waals surface area contributed by atoms with E-state index in [2.05, 4.69) is 41.2 Å². The maximum atomic E-state index is 4.67. The molecule has 2 aromatic heterocycles. The number of nitrogens with zero attached hydrogens (tertiary/aromatic N) is 2. The van der Waals surface area contributed by atoms with Gasteiger partial charge in [0.25, 0.3) is 0 Å². The molecule has 88 valence electrons. The van der Waals surface area contributed by atoms with E-state index < -0.39 is 0 Å². The Hall–Kier alpha value is -2.22. The van der Waals surface area contributed by atoms with Gasteiger partial charge in [-0.2, -0.15) is 0 Å². The third-order valence-electron chi connectivity index (χ3n) is 3.00. The van der Waals surface area contributed by atoms with Crippen molar-refractivity contribution in [2.24, 2.45) is 0 Å². The Balaban J connectivity index is 2.16. The summed E-state index contributed by atoms with van der Waals surface area (Å²) in [7, 11) is 0. The Bertz CT molecular complexity index is 717. The minimum atomic E-state index is 0.926. The van der Waals surface area contributed by atoms with Gasteiger partial charge >= 0.3 is 0 Å². The second kappa shape index (κ2) is 4.22. The number of benzene rings is 1. The summed E-state index contributed by atoms with van der Waals surface area (Å²) >= 11 is 0. The van der Waals surface area contributed by atoms with E-state index in [1.165, 1.54) is 10.9 Å². The van der Waals surface area contributed by atoms with Crippen LogP contribution in [-0.4, -0.2) is 9.97 Å². The van der Waals surface area contributed by atoms with E-state index in [1.807, 2.05) is 31.2 Å². The number of aryl methyl sites for hydroxylation is 2. The zero-order valence-corrected chi connectivity index (χ0v) is 10.5. The van der Waals surface area contributed by atoms with Gasteiger partial charge in [-0.25, -0.2) is 4.98 Å². The summed E-state index contributed by atoms with van der Waals surface area (Å²) in [5, 5.41) is 1.17. The molecule has 2 nitrogen and oxygen atoms in total. The molecule has 2 heterocycles. The van der Waals surface area contributed by atoms with Gasteiger partial charge in [-0.15, -0.1) is 0 Å². The van der Waals surface area contributed by atoms with Gasteiger partial charge in [0.05, 0.1) is 16.9 Å². The lowest BCUT2D eigenvalue weighted by Crippen LogP contribution is -1.90. The molecule has 0 radical (unpaired) electrons. The van der Waals surface area contributed by atoms with Crippen molar-refractivity contribution in [3.8, 4) is 11.4 Å². The molecular formula is C16H14N2. The van der Waals surface area contributed by atoms with E-state index in [0.717, 1.165) is 22.6 Å². The number of hydrogen-bond donors (Lipinski definition) is 0. The fourth-order valence-electron chi connectivity index (χ4n) is 2.07. The van der Waals surface area contributed by atoms with Crippen LogP contribution in [0.15, 0.2) is 48.5 Å². The van der Waals surface area contributed by atoms with Crippen molar-refractivity contribution in [3.05, 3.63) is 59.8 Å². The molecule has 0 aliphatic heterocycles. The third-order valence-corrected chi connectivity index (χ3v) is 3.00. The monoisotopic (exact) mass is 234 g/mol. The fraction of sp³-hybridized carbons (Fsp3) is 0.125. The summed E-state index contributed by atoms with van der Waals surface area (Å²) in [6, 6.07) is 16.4. The van der Waals surface area contributed by atoms with Crippen LogP contribution in [-0.2, 0) is 0 Å². The molecule has 0 fully saturated rings. The van der Waals surface area contributed by atoms with Crippen LogP contribution in [0.2, 0.25) is 0 Å². The number of rotatable bonds is 1. The van der Waals surface area contributed by atoms with Crippen molar-refractivity contribution in [2.75, 3.05) is 0 Å². The lowest BCUT2D eigenvalue weighted by molar-refractivity contribution is 1.19. The van der Waals surface area contributed by atoms with Crippen LogP contribution < -0.4 is 0 Å². The molecule has 0 amide bonds. The van der Waals surface area contributed by atoms with Crippen LogP contribution in [0, 0.1) is 13.8 Å². The van der Waals surface area contributed by atoms with E-state index in [9.17, 15) is 0 Å². The Morgan fingerprint density at radius 1 is 0.778 bits per heavy atom. The average molecular weight is 234 g/mol. The van der Waals surface area contributed by atoms with Gasteiger partial charge in [0.15, 0.2) is 0 Å². The van der Waals surface area contributed by atoms with Crippen molar-refractivity contribution < 1.29 is 0 Å². The predicted octanol–water partition coefficient (Wildman–Crippen LogP) is 3.91. The minimum absolute atomic E-state index is 0.926. The number of hydrogen-bond acceptors (Lipinski definition) is 2. The Morgan fingerprint density at radius 3 is 2.44 bits per heavy atom. The van der Waals surface area contributed by atoms with Gasteiger partial charge in [-0.05, 0) is 44.2 Å². The van der Waals surface area contributed by atoms with Crippen molar-refractivity contribution in [2.45, 2.75) is 13.8 Å². The fourth-order valence-corrected chi connectivity index (χ4v) is 2.07. The molecule has 0 aliphatic rings. The highest BCUT2D eigenvalue weighted by Gasteiger charge is 2.03. The first kappa shape index (κ1) is 10.9. The first-order valence-corrected chi connectivity index (χ1v) is 6.04. The molecule has 1 aromatic carbocycles. The van der Waals surface area contributed by atoms with Gasteiger partial charge < -0.3 is 0 Å². The van der Waals surface area contributed by atoms with Gasteiger partial charge in [0.2, 0.25) is 0 Å². The highest BCUT2D eigenvalue weighted by Crippen LogP contribution is 2.20. The summed E-state index contributed by atoms with van der Waals surface area (Å²) in [4.78, 5) is 9.17. The number of aromatic nitrogens is 2. The standard InChI is InChI=1S/C16H14N2/c1-11-6-8-14-13(10-11)7-9-16(18-14)15-5-3-4-12(2)17-15/h3-10H,1-2H3. The highest BCUT2D eigenvalue weighted by molar-refractivity contribution is 5.81. The Kier molecular flexibility index (Phi) is 2.56. The summed E-state index contributed by atoms with van der Waals surface area (Å²) in [6.07, 6.45) is 0. The molecule has 3 rings (SSSR count). The average Bonchev–Trinajstić information content (AvgIpc) is 2.38. The lowest BCUT2D eigenvalue weighted by Gasteiger charge is -2.04. The minimum Gasteiger partial charge on any atom is -0.251 e. The second-order valence-corrected chi connectivity index (χ2v) is 4.56. The quantitative estimate of drug-likeness (QED) is 0.638. The molecule has 0 unspecified atom stereocenters. The molecule has 3 aromatic rings. The van der Waals surface area contributed by atoms with Crippen molar-refractivity contribution in [1.82, 2.24) is 9.97 Å². The van der Waals surface area contributed by atoms with Gasteiger partial charge in [-0.3, -0.25) is 4.98 Å². The molecule has 0 spiro atoms. The Labute approximate surface area is 106 Å². The third kappa shape index (κ3) is 1.97. The van der Waals surface area contributed by atoms with Crippen molar-refractivity contribution in [3.63, 3.8) is 0 Å². The van der Waals surface area contributed by atoms with Crippen LogP contribution >= 0.6 is 0 Å². The highest BCUT2D eigenvalue weighted by atomic mass is 14.8. The van der Waals surface area contributed by atoms with Crippen LogP contribution in [0.4, 0.5) is 0 Å². The van der Waals surface area contributed by atoms with Crippen LogP contribution in [0.1, 0.15) is 11.3 Å². The lowest BCUT2D eigenvalue weighted by atomic mass is 10.1. The zero-order chi connectivity index (χ0) is 12.5. The van der Waals surface area contributed by atoms with Crippen LogP contribution in [0.5, 0.6) is 0 Å². The number of fused-ring (bicyclic) bond motifs is 1. The van der Waals surface area contributed by atoms with Crippen LogP contribution in [0.3, 0.4) is 0 Å². The zero-order valence-electron chi connectivity index (χ0n) is 10.5. The first-order valence-electron chi connectivity index (χ1n) is 6.04. The normalized spacial score (nSPS) is 10.8. The topological polar surface area (TPSA) is 25.8 Å². The summed E-state index contributed by atoms with van der Waals surface area (Å²) < 4.78 is 0. The molecule has 0 aliphatic carbocycles. The van der Waals surface area contributed by atoms with Crippen molar-refractivity contribution in [1.29, 1.82) is 0 Å². The van der Waals surface area contributed by atoms with Crippen LogP contribution in [0.25, 0.3) is 22.3 Å². The van der Waals surface area contributed by atoms with E-state index >= 15 is 0 Å².